The van der Waals surface area contributed by atoms with E-state index in [-0.39, 0.29) is 5.71 Å². The molecule has 0 aliphatic carbocycles. The Morgan fingerprint density at radius 3 is 1.00 bits per heavy atom. The van der Waals surface area contributed by atoms with Crippen molar-refractivity contribution in [1.29, 1.82) is 0 Å². The third-order valence-electron chi connectivity index (χ3n) is 0.761. The van der Waals surface area contributed by atoms with Crippen LogP contribution in [0.2, 0.25) is 5.71 Å². The van der Waals surface area contributed by atoms with Crippen LogP contribution in [0.1, 0.15) is 0 Å². The Hall–Kier alpha value is 0.138. The van der Waals surface area contributed by atoms with Crippen LogP contribution in [-0.4, -0.2) is 24.6 Å². The van der Waals surface area contributed by atoms with Gasteiger partial charge < -0.3 is 0 Å². The van der Waals surface area contributed by atoms with Crippen molar-refractivity contribution in [2.45, 2.75) is 15.6 Å². The maximum atomic E-state index is 11.3. The Kier molecular flexibility index (Phi) is 2.68. The summed E-state index contributed by atoms with van der Waals surface area (Å²) in [6.45, 7) is 0. The van der Waals surface area contributed by atoms with Crippen molar-refractivity contribution in [3.63, 3.8) is 0 Å². The van der Waals surface area contributed by atoms with E-state index in [1.165, 1.54) is 0 Å². The number of hydrogen-bond acceptors (Lipinski definition) is 0. The van der Waals surface area contributed by atoms with E-state index in [0.717, 1.165) is 0 Å². The normalized spacial score (nSPS) is 14.4. The van der Waals surface area contributed by atoms with E-state index in [2.05, 4.69) is 0 Å². The molecule has 0 amide bonds. The van der Waals surface area contributed by atoms with Gasteiger partial charge in [-0.1, -0.05) is 0 Å². The van der Waals surface area contributed by atoms with Crippen LogP contribution in [-0.2, 0) is 0 Å². The van der Waals surface area contributed by atoms with E-state index < -0.39 is 24.6 Å². The molecule has 0 aliphatic heterocycles. The molecule has 0 N–H and O–H groups in total. The predicted octanol–water partition coefficient (Wildman–Crippen LogP) is 2.31. The zero-order valence-corrected chi connectivity index (χ0v) is 6.59. The molecule has 0 unspecified atom stereocenters. The van der Waals surface area contributed by atoms with Crippen LogP contribution in [0.5, 0.6) is 0 Å². The summed E-state index contributed by atoms with van der Waals surface area (Å²) in [5.74, 6) is 0. The Morgan fingerprint density at radius 2 is 1.00 bits per heavy atom. The van der Waals surface area contributed by atoms with Crippen molar-refractivity contribution in [3.8, 4) is 0 Å². The Labute approximate surface area is 57.5 Å². The molecule has 0 radical (unpaired) electrons. The van der Waals surface area contributed by atoms with Gasteiger partial charge >= 0.3 is 56.6 Å². The van der Waals surface area contributed by atoms with Gasteiger partial charge in [-0.05, 0) is 0 Å². The topological polar surface area (TPSA) is 0 Å². The summed E-state index contributed by atoms with van der Waals surface area (Å²) in [5.41, 5.74) is 0.229. The van der Waals surface area contributed by atoms with Crippen molar-refractivity contribution in [2.75, 3.05) is 0 Å². The van der Waals surface area contributed by atoms with Crippen LogP contribution in [0.3, 0.4) is 0 Å². The molecule has 0 spiro atoms. The van der Waals surface area contributed by atoms with E-state index in [0.29, 0.717) is 0 Å². The Bertz CT molecular complexity index is 97.1. The van der Waals surface area contributed by atoms with Crippen LogP contribution < -0.4 is 0 Å². The van der Waals surface area contributed by atoms with Gasteiger partial charge in [0.15, 0.2) is 0 Å². The van der Waals surface area contributed by atoms with Crippen LogP contribution in [0.4, 0.5) is 26.3 Å². The average Bonchev–Trinajstić information content (AvgIpc) is 1.59. The number of rotatable bonds is 0. The van der Waals surface area contributed by atoms with Crippen molar-refractivity contribution < 1.29 is 26.3 Å². The van der Waals surface area contributed by atoms with Gasteiger partial charge in [0.1, 0.15) is 0 Å². The summed E-state index contributed by atoms with van der Waals surface area (Å²) in [7, 11) is 0. The van der Waals surface area contributed by atoms with Crippen molar-refractivity contribution in [3.05, 3.63) is 0 Å². The standard InChI is InChI=1S/C3H3AsF6/c1-4(2(5,6)7)3(8,9)10/h1H3. The van der Waals surface area contributed by atoms with Gasteiger partial charge in [-0.2, -0.15) is 0 Å². The fraction of sp³-hybridized carbons (Fsp3) is 1.00. The van der Waals surface area contributed by atoms with Gasteiger partial charge in [0, 0.05) is 0 Å². The Morgan fingerprint density at radius 1 is 0.800 bits per heavy atom. The molecule has 0 atom stereocenters. The van der Waals surface area contributed by atoms with Gasteiger partial charge in [0.25, 0.3) is 0 Å². The zero-order chi connectivity index (χ0) is 8.58. The molecule has 0 nitrogen and oxygen atoms in total. The van der Waals surface area contributed by atoms with E-state index in [1.807, 2.05) is 0 Å². The van der Waals surface area contributed by atoms with Crippen molar-refractivity contribution in [2.24, 2.45) is 0 Å². The number of halogens is 6. The summed E-state index contributed by atoms with van der Waals surface area (Å²) in [5, 5.41) is 0. The molecule has 0 fully saturated rings. The van der Waals surface area contributed by atoms with Crippen LogP contribution >= 0.6 is 0 Å². The number of hydrogen-bond donors (Lipinski definition) is 0. The maximum absolute atomic E-state index is 11.3. The van der Waals surface area contributed by atoms with Crippen LogP contribution in [0, 0.1) is 0 Å². The molecule has 0 saturated heterocycles. The van der Waals surface area contributed by atoms with E-state index >= 15 is 0 Å². The predicted molar refractivity (Wildman–Crippen MR) is 23.7 cm³/mol. The third kappa shape index (κ3) is 2.81. The monoisotopic (exact) mass is 228 g/mol. The minimum absolute atomic E-state index is 0.229. The van der Waals surface area contributed by atoms with Gasteiger partial charge in [0.05, 0.1) is 0 Å². The second-order valence-electron chi connectivity index (χ2n) is 1.49. The summed E-state index contributed by atoms with van der Waals surface area (Å²) in [6, 6.07) is 0. The summed E-state index contributed by atoms with van der Waals surface area (Å²) in [6.07, 6.45) is 0. The van der Waals surface area contributed by atoms with Crippen molar-refractivity contribution in [1.82, 2.24) is 0 Å². The fourth-order valence-corrected chi connectivity index (χ4v) is 0.747. The molecule has 0 bridgehead atoms. The number of alkyl halides is 6. The molecular formula is C3H3AsF6. The Balaban J connectivity index is 4.23. The second kappa shape index (κ2) is 2.64. The van der Waals surface area contributed by atoms with E-state index in [1.54, 1.807) is 0 Å². The van der Waals surface area contributed by atoms with Gasteiger partial charge in [-0.15, -0.1) is 0 Å². The first kappa shape index (κ1) is 10.1. The van der Waals surface area contributed by atoms with Crippen LogP contribution in [0.25, 0.3) is 0 Å². The average molecular weight is 228 g/mol. The molecule has 0 aromatic carbocycles. The van der Waals surface area contributed by atoms with Crippen molar-refractivity contribution >= 4 is 14.7 Å². The molecule has 62 valence electrons. The molecule has 0 aromatic heterocycles. The molecular weight excluding hydrogens is 225 g/mol. The van der Waals surface area contributed by atoms with Gasteiger partial charge in [0.2, 0.25) is 0 Å². The molecule has 10 heavy (non-hydrogen) atoms. The zero-order valence-electron chi connectivity index (χ0n) is 4.72. The molecule has 0 aromatic rings. The first-order chi connectivity index (χ1) is 4.15. The summed E-state index contributed by atoms with van der Waals surface area (Å²) < 4.78 is 67.7. The van der Waals surface area contributed by atoms with E-state index in [9.17, 15) is 26.3 Å². The van der Waals surface area contributed by atoms with E-state index in [4.69, 9.17) is 0 Å². The molecule has 0 rings (SSSR count). The second-order valence-corrected chi connectivity index (χ2v) is 5.97. The van der Waals surface area contributed by atoms with Crippen LogP contribution in [0.15, 0.2) is 0 Å². The SMILES string of the molecule is C[As](C(F)(F)F)C(F)(F)F. The fourth-order valence-electron chi connectivity index (χ4n) is 0.144. The first-order valence-corrected chi connectivity index (χ1v) is 5.78. The molecule has 0 saturated carbocycles. The molecule has 0 aliphatic rings. The summed E-state index contributed by atoms with van der Waals surface area (Å²) in [4.78, 5) is -10.1. The molecule has 0 heterocycles. The van der Waals surface area contributed by atoms with Gasteiger partial charge in [-0.3, -0.25) is 0 Å². The minimum atomic E-state index is -5.04. The first-order valence-electron chi connectivity index (χ1n) is 2.03. The van der Waals surface area contributed by atoms with Gasteiger partial charge in [-0.25, -0.2) is 0 Å². The quantitative estimate of drug-likeness (QED) is 0.440. The molecule has 7 heteroatoms. The third-order valence-corrected chi connectivity index (χ3v) is 3.95. The summed E-state index contributed by atoms with van der Waals surface area (Å²) >= 11 is -4.65.